The summed E-state index contributed by atoms with van der Waals surface area (Å²) >= 11 is 2.95. The molecule has 0 saturated heterocycles. The van der Waals surface area contributed by atoms with Crippen molar-refractivity contribution in [3.8, 4) is 0 Å². The van der Waals surface area contributed by atoms with E-state index in [2.05, 4.69) is 9.97 Å². The first-order valence-corrected chi connectivity index (χ1v) is 9.75. The van der Waals surface area contributed by atoms with Crippen molar-refractivity contribution >= 4 is 44.2 Å². The van der Waals surface area contributed by atoms with Crippen molar-refractivity contribution in [1.82, 2.24) is 19.5 Å². The van der Waals surface area contributed by atoms with Crippen molar-refractivity contribution in [2.24, 2.45) is 0 Å². The highest BCUT2D eigenvalue weighted by molar-refractivity contribution is 7.99. The third-order valence-electron chi connectivity index (χ3n) is 4.04. The van der Waals surface area contributed by atoms with Gasteiger partial charge in [0.25, 0.3) is 5.56 Å². The van der Waals surface area contributed by atoms with Gasteiger partial charge in [-0.05, 0) is 42.3 Å². The van der Waals surface area contributed by atoms with Crippen LogP contribution < -0.4 is 5.56 Å². The van der Waals surface area contributed by atoms with Gasteiger partial charge in [0, 0.05) is 12.5 Å². The molecule has 8 heteroatoms. The molecule has 0 saturated carbocycles. The van der Waals surface area contributed by atoms with E-state index in [9.17, 15) is 4.79 Å². The third kappa shape index (κ3) is 3.00. The average Bonchev–Trinajstić information content (AvgIpc) is 3.12. The second kappa shape index (κ2) is 7.14. The average molecular weight is 384 g/mol. The molecule has 6 nitrogen and oxygen atoms in total. The van der Waals surface area contributed by atoms with Gasteiger partial charge in [-0.2, -0.15) is 0 Å². The first kappa shape index (κ1) is 17.1. The molecule has 3 heterocycles. The zero-order valence-electron chi connectivity index (χ0n) is 14.2. The summed E-state index contributed by atoms with van der Waals surface area (Å²) in [5, 5.41) is 4.94. The lowest BCUT2D eigenvalue weighted by Crippen LogP contribution is -2.28. The lowest BCUT2D eigenvalue weighted by molar-refractivity contribution is 0.156. The Morgan fingerprint density at radius 1 is 1.23 bits per heavy atom. The van der Waals surface area contributed by atoms with E-state index in [0.29, 0.717) is 22.7 Å². The minimum atomic E-state index is -0.146. The van der Waals surface area contributed by atoms with Crippen molar-refractivity contribution in [1.29, 1.82) is 0 Å². The molecule has 0 unspecified atom stereocenters. The van der Waals surface area contributed by atoms with Gasteiger partial charge in [0.15, 0.2) is 5.16 Å². The standard InChI is InChI=1S/C18H16N4O2S2/c1-11(9-24-2)22-17(23)12-5-3-4-6-14(12)21-18(22)26-16-13-7-8-25-15(13)19-10-20-16/h3-8,10-11H,9H2,1-2H3/t11-/m0/s1. The fourth-order valence-corrected chi connectivity index (χ4v) is 4.69. The van der Waals surface area contributed by atoms with Gasteiger partial charge in [-0.3, -0.25) is 9.36 Å². The Bertz CT molecular complexity index is 1140. The van der Waals surface area contributed by atoms with E-state index in [1.54, 1.807) is 35.4 Å². The molecule has 1 atom stereocenters. The lowest BCUT2D eigenvalue weighted by Gasteiger charge is -2.18. The molecular formula is C18H16N4O2S2. The van der Waals surface area contributed by atoms with Gasteiger partial charge in [0.05, 0.1) is 23.6 Å². The third-order valence-corrected chi connectivity index (χ3v) is 5.85. The van der Waals surface area contributed by atoms with Crippen molar-refractivity contribution in [2.45, 2.75) is 23.1 Å². The van der Waals surface area contributed by atoms with Crippen molar-refractivity contribution in [3.63, 3.8) is 0 Å². The van der Waals surface area contributed by atoms with Crippen LogP contribution in [-0.4, -0.2) is 33.2 Å². The van der Waals surface area contributed by atoms with E-state index < -0.39 is 0 Å². The van der Waals surface area contributed by atoms with E-state index in [1.807, 2.05) is 36.6 Å². The quantitative estimate of drug-likeness (QED) is 0.385. The van der Waals surface area contributed by atoms with Gasteiger partial charge in [-0.25, -0.2) is 15.0 Å². The number of benzene rings is 1. The molecule has 3 aromatic heterocycles. The predicted molar refractivity (Wildman–Crippen MR) is 104 cm³/mol. The van der Waals surface area contributed by atoms with Crippen LogP contribution in [0.1, 0.15) is 13.0 Å². The molecule has 0 spiro atoms. The van der Waals surface area contributed by atoms with Crippen LogP contribution in [0.2, 0.25) is 0 Å². The molecule has 1 aromatic carbocycles. The van der Waals surface area contributed by atoms with Crippen LogP contribution in [0.25, 0.3) is 21.1 Å². The Kier molecular flexibility index (Phi) is 4.71. The fourth-order valence-electron chi connectivity index (χ4n) is 2.84. The number of aromatic nitrogens is 4. The van der Waals surface area contributed by atoms with E-state index in [1.165, 1.54) is 11.8 Å². The highest BCUT2D eigenvalue weighted by Gasteiger charge is 2.18. The molecule has 4 rings (SSSR count). The van der Waals surface area contributed by atoms with Crippen LogP contribution in [-0.2, 0) is 4.74 Å². The molecule has 0 aliphatic rings. The number of rotatable bonds is 5. The number of hydrogen-bond donors (Lipinski definition) is 0. The van der Waals surface area contributed by atoms with Crippen LogP contribution in [0.3, 0.4) is 0 Å². The Morgan fingerprint density at radius 3 is 2.92 bits per heavy atom. The van der Waals surface area contributed by atoms with E-state index in [-0.39, 0.29) is 11.6 Å². The fraction of sp³-hybridized carbons (Fsp3) is 0.222. The molecule has 4 aromatic rings. The highest BCUT2D eigenvalue weighted by Crippen LogP contribution is 2.33. The Labute approximate surface area is 157 Å². The maximum atomic E-state index is 13.1. The molecule has 0 amide bonds. The van der Waals surface area contributed by atoms with Gasteiger partial charge in [0.2, 0.25) is 0 Å². The normalized spacial score (nSPS) is 12.7. The summed E-state index contributed by atoms with van der Waals surface area (Å²) in [6, 6.07) is 9.23. The van der Waals surface area contributed by atoms with E-state index in [4.69, 9.17) is 9.72 Å². The van der Waals surface area contributed by atoms with Crippen molar-refractivity contribution < 1.29 is 4.74 Å². The maximum Gasteiger partial charge on any atom is 0.262 e. The number of para-hydroxylation sites is 1. The van der Waals surface area contributed by atoms with Crippen molar-refractivity contribution in [2.75, 3.05) is 13.7 Å². The van der Waals surface area contributed by atoms with Crippen LogP contribution in [0, 0.1) is 0 Å². The Morgan fingerprint density at radius 2 is 2.08 bits per heavy atom. The number of ether oxygens (including phenoxy) is 1. The number of hydrogen-bond acceptors (Lipinski definition) is 7. The van der Waals surface area contributed by atoms with E-state index in [0.717, 1.165) is 15.2 Å². The molecule has 132 valence electrons. The number of thiophene rings is 1. The summed E-state index contributed by atoms with van der Waals surface area (Å²) in [7, 11) is 1.63. The molecule has 0 bridgehead atoms. The SMILES string of the molecule is COC[C@H](C)n1c(Sc2ncnc3sccc23)nc2ccccc2c1=O. The zero-order chi connectivity index (χ0) is 18.1. The summed E-state index contributed by atoms with van der Waals surface area (Å²) in [5.41, 5.74) is 0.606. The van der Waals surface area contributed by atoms with Crippen LogP contribution in [0.4, 0.5) is 0 Å². The topological polar surface area (TPSA) is 69.9 Å². The van der Waals surface area contributed by atoms with Gasteiger partial charge < -0.3 is 4.74 Å². The first-order valence-electron chi connectivity index (χ1n) is 8.05. The largest absolute Gasteiger partial charge is 0.383 e. The highest BCUT2D eigenvalue weighted by atomic mass is 32.2. The second-order valence-electron chi connectivity index (χ2n) is 5.81. The minimum absolute atomic E-state index is 0.0710. The van der Waals surface area contributed by atoms with Crippen LogP contribution >= 0.6 is 23.1 Å². The van der Waals surface area contributed by atoms with Crippen LogP contribution in [0.5, 0.6) is 0 Å². The zero-order valence-corrected chi connectivity index (χ0v) is 15.9. The second-order valence-corrected chi connectivity index (χ2v) is 7.66. The molecule has 0 fully saturated rings. The summed E-state index contributed by atoms with van der Waals surface area (Å²) in [6.07, 6.45) is 1.54. The van der Waals surface area contributed by atoms with Gasteiger partial charge >= 0.3 is 0 Å². The van der Waals surface area contributed by atoms with Crippen molar-refractivity contribution in [3.05, 3.63) is 52.4 Å². The monoisotopic (exact) mass is 384 g/mol. The van der Waals surface area contributed by atoms with Gasteiger partial charge in [-0.15, -0.1) is 11.3 Å². The summed E-state index contributed by atoms with van der Waals surface area (Å²) in [4.78, 5) is 27.4. The predicted octanol–water partition coefficient (Wildman–Crippen LogP) is 3.76. The molecule has 0 N–H and O–H groups in total. The minimum Gasteiger partial charge on any atom is -0.383 e. The molecule has 0 aliphatic carbocycles. The summed E-state index contributed by atoms with van der Waals surface area (Å²) in [5.74, 6) is 0. The molecule has 26 heavy (non-hydrogen) atoms. The number of nitrogens with zero attached hydrogens (tertiary/aromatic N) is 4. The Hall–Kier alpha value is -2.29. The number of fused-ring (bicyclic) bond motifs is 2. The van der Waals surface area contributed by atoms with Gasteiger partial charge in [-0.1, -0.05) is 12.1 Å². The molecular weight excluding hydrogens is 368 g/mol. The van der Waals surface area contributed by atoms with Crippen LogP contribution in [0.15, 0.2) is 57.0 Å². The lowest BCUT2D eigenvalue weighted by atomic mass is 10.2. The summed E-state index contributed by atoms with van der Waals surface area (Å²) < 4.78 is 6.96. The van der Waals surface area contributed by atoms with Gasteiger partial charge in [0.1, 0.15) is 16.2 Å². The molecule has 0 aliphatic heterocycles. The maximum absolute atomic E-state index is 13.1. The smallest absolute Gasteiger partial charge is 0.262 e. The summed E-state index contributed by atoms with van der Waals surface area (Å²) in [6.45, 7) is 2.37. The number of methoxy groups -OCH3 is 1. The first-order chi connectivity index (χ1) is 12.7. The Balaban J connectivity index is 1.91. The molecule has 0 radical (unpaired) electrons. The van der Waals surface area contributed by atoms with E-state index >= 15 is 0 Å².